The number of aryl methyl sites for hydroxylation is 1. The Kier molecular flexibility index (Phi) is 2.27. The number of hydrogen-bond acceptors (Lipinski definition) is 5. The molecule has 21 heavy (non-hydrogen) atoms. The molecule has 5 N–H and O–H groups in total. The predicted octanol–water partition coefficient (Wildman–Crippen LogP) is 1.66. The summed E-state index contributed by atoms with van der Waals surface area (Å²) >= 11 is 5.86. The van der Waals surface area contributed by atoms with E-state index in [0.717, 1.165) is 0 Å². The first-order valence-corrected chi connectivity index (χ1v) is 6.17. The molecule has 0 aliphatic heterocycles. The fraction of sp³-hybridized carbons (Fsp3) is 0.0769. The van der Waals surface area contributed by atoms with Gasteiger partial charge in [-0.15, -0.1) is 0 Å². The lowest BCUT2D eigenvalue weighted by Gasteiger charge is -2.11. The lowest BCUT2D eigenvalue weighted by molar-refractivity contribution is 0.0996. The van der Waals surface area contributed by atoms with Gasteiger partial charge >= 0.3 is 0 Å². The number of primary amides is 1. The van der Waals surface area contributed by atoms with E-state index in [4.69, 9.17) is 27.2 Å². The SMILES string of the molecule is [2H]C([2H])([2H])c1ccc2[nH]ncc2c1-c1nc(Cl)nc(C(N)=O)c1N. The van der Waals surface area contributed by atoms with Crippen molar-refractivity contribution in [1.29, 1.82) is 0 Å². The van der Waals surface area contributed by atoms with Gasteiger partial charge in [0, 0.05) is 15.1 Å². The number of carbonyl (C=O) groups is 1. The molecule has 3 rings (SSSR count). The molecule has 1 aromatic carbocycles. The second kappa shape index (κ2) is 4.71. The highest BCUT2D eigenvalue weighted by Gasteiger charge is 2.20. The molecule has 0 atom stereocenters. The van der Waals surface area contributed by atoms with Crippen LogP contribution < -0.4 is 11.5 Å². The summed E-state index contributed by atoms with van der Waals surface area (Å²) in [6.45, 7) is -2.45. The average molecular weight is 306 g/mol. The van der Waals surface area contributed by atoms with E-state index >= 15 is 0 Å². The monoisotopic (exact) mass is 305 g/mol. The molecule has 3 aromatic rings. The zero-order valence-corrected chi connectivity index (χ0v) is 11.3. The third kappa shape index (κ3) is 2.07. The maximum atomic E-state index is 11.5. The fourth-order valence-electron chi connectivity index (χ4n) is 2.09. The van der Waals surface area contributed by atoms with Crippen LogP contribution in [-0.4, -0.2) is 26.1 Å². The van der Waals surface area contributed by atoms with E-state index in [0.29, 0.717) is 10.9 Å². The summed E-state index contributed by atoms with van der Waals surface area (Å²) < 4.78 is 23.2. The smallest absolute Gasteiger partial charge is 0.269 e. The minimum absolute atomic E-state index is 0.00622. The van der Waals surface area contributed by atoms with Crippen molar-refractivity contribution in [2.24, 2.45) is 5.73 Å². The minimum atomic E-state index is -2.45. The standard InChI is InChI=1S/C13H11ClN6O/c1-5-2-3-7-6(4-17-20-7)8(5)10-9(15)11(12(16)21)19-13(14)18-10/h2-4H,15H2,1H3,(H2,16,21)(H,17,20)/i1D3. The third-order valence-electron chi connectivity index (χ3n) is 3.01. The van der Waals surface area contributed by atoms with Crippen molar-refractivity contribution in [2.75, 3.05) is 5.73 Å². The van der Waals surface area contributed by atoms with Gasteiger partial charge in [-0.25, -0.2) is 9.97 Å². The Morgan fingerprint density at radius 1 is 1.43 bits per heavy atom. The van der Waals surface area contributed by atoms with Crippen LogP contribution in [0, 0.1) is 6.85 Å². The molecule has 0 spiro atoms. The van der Waals surface area contributed by atoms with Gasteiger partial charge in [0.1, 0.15) is 0 Å². The van der Waals surface area contributed by atoms with Gasteiger partial charge in [-0.2, -0.15) is 5.10 Å². The zero-order valence-electron chi connectivity index (χ0n) is 13.5. The van der Waals surface area contributed by atoms with Gasteiger partial charge in [-0.05, 0) is 30.1 Å². The van der Waals surface area contributed by atoms with Crippen molar-refractivity contribution in [3.05, 3.63) is 34.9 Å². The Labute approximate surface area is 128 Å². The number of H-pyrrole nitrogens is 1. The molecular formula is C13H11ClN6O. The number of nitrogens with one attached hydrogen (secondary N) is 1. The lowest BCUT2D eigenvalue weighted by atomic mass is 9.99. The van der Waals surface area contributed by atoms with Crippen LogP contribution in [0.1, 0.15) is 20.2 Å². The van der Waals surface area contributed by atoms with Gasteiger partial charge < -0.3 is 11.5 Å². The Hall–Kier alpha value is -2.67. The summed E-state index contributed by atoms with van der Waals surface area (Å²) in [5.74, 6) is -0.896. The molecule has 2 aromatic heterocycles. The Morgan fingerprint density at radius 2 is 2.24 bits per heavy atom. The molecular weight excluding hydrogens is 292 g/mol. The van der Waals surface area contributed by atoms with Crippen molar-refractivity contribution in [1.82, 2.24) is 20.2 Å². The van der Waals surface area contributed by atoms with Crippen LogP contribution in [-0.2, 0) is 0 Å². The van der Waals surface area contributed by atoms with Gasteiger partial charge in [0.05, 0.1) is 23.1 Å². The van der Waals surface area contributed by atoms with Gasteiger partial charge in [-0.1, -0.05) is 6.07 Å². The zero-order chi connectivity index (χ0) is 17.6. The number of amides is 1. The quantitative estimate of drug-likeness (QED) is 0.621. The molecule has 8 heteroatoms. The third-order valence-corrected chi connectivity index (χ3v) is 3.18. The molecule has 2 heterocycles. The number of carbonyl (C=O) groups excluding carboxylic acids is 1. The van der Waals surface area contributed by atoms with Crippen LogP contribution in [0.4, 0.5) is 5.69 Å². The highest BCUT2D eigenvalue weighted by molar-refractivity contribution is 6.28. The number of benzene rings is 1. The van der Waals surface area contributed by atoms with Crippen molar-refractivity contribution in [2.45, 2.75) is 6.85 Å². The maximum Gasteiger partial charge on any atom is 0.269 e. The lowest BCUT2D eigenvalue weighted by Crippen LogP contribution is -2.17. The molecule has 0 radical (unpaired) electrons. The number of fused-ring (bicyclic) bond motifs is 1. The van der Waals surface area contributed by atoms with Gasteiger partial charge in [-0.3, -0.25) is 9.89 Å². The van der Waals surface area contributed by atoms with E-state index < -0.39 is 12.8 Å². The normalized spacial score (nSPS) is 13.7. The second-order valence-electron chi connectivity index (χ2n) is 4.29. The van der Waals surface area contributed by atoms with Crippen molar-refractivity contribution in [3.63, 3.8) is 0 Å². The first-order valence-electron chi connectivity index (χ1n) is 7.30. The highest BCUT2D eigenvalue weighted by atomic mass is 35.5. The number of nitrogens with two attached hydrogens (primary N) is 2. The van der Waals surface area contributed by atoms with Crippen molar-refractivity contribution < 1.29 is 8.91 Å². The van der Waals surface area contributed by atoms with E-state index in [-0.39, 0.29) is 33.5 Å². The maximum absolute atomic E-state index is 11.5. The average Bonchev–Trinajstić information content (AvgIpc) is 2.95. The molecule has 0 aliphatic rings. The van der Waals surface area contributed by atoms with Crippen molar-refractivity contribution in [3.8, 4) is 11.3 Å². The van der Waals surface area contributed by atoms with Crippen LogP contribution in [0.2, 0.25) is 5.28 Å². The molecule has 0 saturated heterocycles. The summed E-state index contributed by atoms with van der Waals surface area (Å²) in [5, 5.41) is 6.84. The van der Waals surface area contributed by atoms with E-state index in [9.17, 15) is 4.79 Å². The van der Waals surface area contributed by atoms with Gasteiger partial charge in [0.2, 0.25) is 5.28 Å². The van der Waals surface area contributed by atoms with E-state index in [1.165, 1.54) is 12.3 Å². The molecule has 1 amide bonds. The van der Waals surface area contributed by atoms with E-state index in [1.807, 2.05) is 0 Å². The molecule has 106 valence electrons. The van der Waals surface area contributed by atoms with Crippen LogP contribution in [0.5, 0.6) is 0 Å². The second-order valence-corrected chi connectivity index (χ2v) is 4.63. The molecule has 0 fully saturated rings. The largest absolute Gasteiger partial charge is 0.395 e. The van der Waals surface area contributed by atoms with Gasteiger partial charge in [0.15, 0.2) is 5.69 Å². The summed E-state index contributed by atoms with van der Waals surface area (Å²) in [6.07, 6.45) is 1.44. The Morgan fingerprint density at radius 3 is 2.95 bits per heavy atom. The Balaban J connectivity index is 2.46. The number of halogens is 1. The molecule has 0 unspecified atom stereocenters. The molecule has 0 bridgehead atoms. The van der Waals surface area contributed by atoms with Crippen LogP contribution in [0.15, 0.2) is 18.3 Å². The van der Waals surface area contributed by atoms with Crippen LogP contribution >= 0.6 is 11.6 Å². The number of nitrogen functional groups attached to an aromatic ring is 1. The van der Waals surface area contributed by atoms with Crippen molar-refractivity contribution >= 4 is 34.1 Å². The minimum Gasteiger partial charge on any atom is -0.395 e. The number of rotatable bonds is 2. The van der Waals surface area contributed by atoms with E-state index in [1.54, 1.807) is 6.07 Å². The first kappa shape index (κ1) is 10.1. The van der Waals surface area contributed by atoms with E-state index in [2.05, 4.69) is 20.2 Å². The predicted molar refractivity (Wildman–Crippen MR) is 79.8 cm³/mol. The summed E-state index contributed by atoms with van der Waals surface area (Å²) in [4.78, 5) is 19.2. The molecule has 0 saturated carbocycles. The summed E-state index contributed by atoms with van der Waals surface area (Å²) in [5.41, 5.74) is 11.6. The number of aromatic nitrogens is 4. The fourth-order valence-corrected chi connectivity index (χ4v) is 2.26. The number of aromatic amines is 1. The van der Waals surface area contributed by atoms with Gasteiger partial charge in [0.25, 0.3) is 5.91 Å². The topological polar surface area (TPSA) is 124 Å². The number of hydrogen-bond donors (Lipinski definition) is 3. The highest BCUT2D eigenvalue weighted by Crippen LogP contribution is 2.34. The molecule has 0 aliphatic carbocycles. The Bertz CT molecular complexity index is 968. The number of nitrogens with zero attached hydrogens (tertiary/aromatic N) is 3. The first-order chi connectivity index (χ1) is 11.2. The van der Waals surface area contributed by atoms with Crippen LogP contribution in [0.3, 0.4) is 0 Å². The summed E-state index contributed by atoms with van der Waals surface area (Å²) in [6, 6.07) is 3.00. The molecule has 7 nitrogen and oxygen atoms in total. The number of anilines is 1. The van der Waals surface area contributed by atoms with Crippen LogP contribution in [0.25, 0.3) is 22.2 Å². The summed E-state index contributed by atoms with van der Waals surface area (Å²) in [7, 11) is 0.